The molecule has 4 aliphatic heterocycles. The number of oxazole rings is 1. The van der Waals surface area contributed by atoms with E-state index >= 15 is 0 Å². The first kappa shape index (κ1) is 62.7. The highest BCUT2D eigenvalue weighted by atomic mass is 35.5. The average molecular weight is 1320 g/mol. The number of fused-ring (bicyclic) bond motifs is 19. The molecule has 0 saturated heterocycles. The molecule has 0 saturated carbocycles. The van der Waals surface area contributed by atoms with Crippen LogP contribution in [-0.4, -0.2) is 71.3 Å². The van der Waals surface area contributed by atoms with Crippen molar-refractivity contribution in [3.8, 4) is 11.4 Å². The topological polar surface area (TPSA) is 266 Å². The third-order valence-electron chi connectivity index (χ3n) is 15.8. The van der Waals surface area contributed by atoms with Crippen molar-refractivity contribution in [1.82, 2.24) is 63.6 Å². The number of hydrogen-bond donors (Lipinski definition) is 4. The number of rotatable bonds is 4. The zero-order chi connectivity index (χ0) is 65.5. The quantitative estimate of drug-likeness (QED) is 0.0943. The SMILES string of the molecule is Cc1nc2cc(Cl)c3c(c2o1)CCCCC(=O)NCc1cccc2cncc(c12)-n1c(=O)nc(n(Cc2cc(F)c(F)c(F)c2)c1=O)N3.Cn1cc2c3c(c(Cl)cc2n1)Nc1nc(=O)n(c(=O)n1Cc1cc(F)c(F)c(F)c1)-c1cnccc1C(=O)NCCCCCC3. The van der Waals surface area contributed by atoms with Crippen molar-refractivity contribution in [1.29, 1.82) is 0 Å². The number of halogens is 8. The number of carbonyl (C=O) groups excluding carboxylic acids is 2. The van der Waals surface area contributed by atoms with E-state index in [0.29, 0.717) is 93.3 Å². The zero-order valence-electron chi connectivity index (χ0n) is 49.2. The molecule has 22 nitrogen and oxygen atoms in total. The fourth-order valence-corrected chi connectivity index (χ4v) is 12.0. The minimum Gasteiger partial charge on any atom is -0.441 e. The molecule has 2 amide bonds. The van der Waals surface area contributed by atoms with Gasteiger partial charge in [0.05, 0.1) is 69.4 Å². The van der Waals surface area contributed by atoms with Gasteiger partial charge in [-0.3, -0.25) is 33.4 Å². The summed E-state index contributed by atoms with van der Waals surface area (Å²) in [6.07, 6.45) is 12.5. The second-order valence-corrected chi connectivity index (χ2v) is 22.9. The van der Waals surface area contributed by atoms with Crippen molar-refractivity contribution in [2.45, 2.75) is 84.3 Å². The number of carbonyl (C=O) groups is 2. The van der Waals surface area contributed by atoms with Crippen LogP contribution in [0, 0.1) is 41.8 Å². The Morgan fingerprint density at radius 3 is 1.84 bits per heavy atom. The number of amides is 2. The molecule has 4 bridgehead atoms. The van der Waals surface area contributed by atoms with Gasteiger partial charge < -0.3 is 25.7 Å². The van der Waals surface area contributed by atoms with Crippen molar-refractivity contribution >= 4 is 91.1 Å². The van der Waals surface area contributed by atoms with E-state index in [1.165, 1.54) is 24.7 Å². The molecule has 0 unspecified atom stereocenters. The van der Waals surface area contributed by atoms with Crippen molar-refractivity contribution in [3.05, 3.63) is 218 Å². The lowest BCUT2D eigenvalue weighted by Gasteiger charge is -2.19. The van der Waals surface area contributed by atoms with E-state index < -0.39 is 76.7 Å². The van der Waals surface area contributed by atoms with Gasteiger partial charge in [0.25, 0.3) is 5.91 Å². The average Bonchev–Trinajstić information content (AvgIpc) is 1.47. The number of pyridine rings is 2. The smallest absolute Gasteiger partial charge is 0.359 e. The molecule has 30 heteroatoms. The normalized spacial score (nSPS) is 13.9. The maximum absolute atomic E-state index is 14.4. The molecule has 476 valence electrons. The van der Waals surface area contributed by atoms with Crippen LogP contribution >= 0.6 is 23.2 Å². The lowest BCUT2D eigenvalue weighted by Crippen LogP contribution is -2.43. The van der Waals surface area contributed by atoms with Gasteiger partial charge in [0, 0.05) is 73.8 Å². The molecule has 4 N–H and O–H groups in total. The van der Waals surface area contributed by atoms with E-state index in [0.717, 1.165) is 68.2 Å². The summed E-state index contributed by atoms with van der Waals surface area (Å²) >= 11 is 13.5. The first-order chi connectivity index (χ1) is 44.7. The van der Waals surface area contributed by atoms with Crippen molar-refractivity contribution in [3.63, 3.8) is 0 Å². The van der Waals surface area contributed by atoms with Crippen LogP contribution in [0.15, 0.2) is 115 Å². The molecule has 15 rings (SSSR count). The van der Waals surface area contributed by atoms with Gasteiger partial charge in [-0.25, -0.2) is 59.6 Å². The van der Waals surface area contributed by atoms with Crippen LogP contribution in [0.5, 0.6) is 0 Å². The first-order valence-electron chi connectivity index (χ1n) is 29.1. The predicted octanol–water partition coefficient (Wildman–Crippen LogP) is 9.98. The van der Waals surface area contributed by atoms with Crippen LogP contribution in [0.2, 0.25) is 10.0 Å². The summed E-state index contributed by atoms with van der Waals surface area (Å²) < 4.78 is 95.7. The van der Waals surface area contributed by atoms with Gasteiger partial charge in [0.2, 0.25) is 17.8 Å². The summed E-state index contributed by atoms with van der Waals surface area (Å²) in [5.74, 6) is -10.1. The van der Waals surface area contributed by atoms with E-state index in [2.05, 4.69) is 51.3 Å². The Balaban J connectivity index is 0.000000179. The Labute approximate surface area is 530 Å². The molecule has 0 atom stereocenters. The van der Waals surface area contributed by atoms with E-state index in [4.69, 9.17) is 27.6 Å². The number of nitrogens with one attached hydrogen (secondary N) is 4. The highest BCUT2D eigenvalue weighted by Crippen LogP contribution is 2.39. The number of benzene rings is 5. The Morgan fingerprint density at radius 2 is 1.18 bits per heavy atom. The van der Waals surface area contributed by atoms with Gasteiger partial charge in [-0.05, 0) is 103 Å². The Morgan fingerprint density at radius 1 is 0.613 bits per heavy atom. The van der Waals surface area contributed by atoms with Gasteiger partial charge in [-0.1, -0.05) is 54.2 Å². The monoisotopic (exact) mass is 1310 g/mol. The lowest BCUT2D eigenvalue weighted by molar-refractivity contribution is -0.121. The van der Waals surface area contributed by atoms with Crippen LogP contribution in [-0.2, 0) is 44.3 Å². The van der Waals surface area contributed by atoms with Crippen molar-refractivity contribution in [2.75, 3.05) is 17.2 Å². The molecular formula is C63H51Cl2F6N15O7. The van der Waals surface area contributed by atoms with Crippen LogP contribution in [0.1, 0.15) is 89.0 Å². The molecule has 5 aromatic carbocycles. The van der Waals surface area contributed by atoms with E-state index in [1.54, 1.807) is 55.2 Å². The van der Waals surface area contributed by atoms with Gasteiger partial charge in [-0.15, -0.1) is 0 Å². The standard InChI is InChI=1S/C33H25ClF3N7O4.C30H26ClF3N8O3/c1-16-40-24-11-21(34)29-20(30(24)48-16)7-2-3-8-26(45)39-13-19-6-4-5-18-12-38-14-25(27(18)19)44-32(46)42-31(41-29)43(33(44)47)15-17-9-22(35)28(37)23(36)10-17;1-40-15-19-17-6-4-2-3-5-8-36-27(43)18-7-9-35-13-24(18)42-29(44)38-28(37-26(17)20(31)12-23(19)39-40)41(30(42)45)14-16-10-21(32)25(34)22(33)11-16/h4-6,9-12,14H,2-3,7-8,13,15H2,1H3,(H,39,45)(H,41,42,46);7,9-13,15H,2-6,8,14H2,1H3,(H,36,43)(H,37,38,44). The molecule has 0 radical (unpaired) electrons. The summed E-state index contributed by atoms with van der Waals surface area (Å²) in [6, 6.07) is 12.8. The number of aromatic nitrogens is 11. The second kappa shape index (κ2) is 26.0. The Bertz CT molecular complexity index is 5080. The maximum atomic E-state index is 14.4. The number of hydrogen-bond acceptors (Lipinski definition) is 15. The Hall–Kier alpha value is -10.5. The van der Waals surface area contributed by atoms with Crippen molar-refractivity contribution < 1.29 is 40.3 Å². The van der Waals surface area contributed by atoms with Crippen LogP contribution in [0.4, 0.5) is 49.6 Å². The molecule has 0 spiro atoms. The summed E-state index contributed by atoms with van der Waals surface area (Å²) in [4.78, 5) is 103. The van der Waals surface area contributed by atoms with Gasteiger partial charge in [0.15, 0.2) is 46.4 Å². The third-order valence-corrected chi connectivity index (χ3v) is 16.4. The lowest BCUT2D eigenvalue weighted by atomic mass is 10.0. The maximum Gasteiger partial charge on any atom is 0.359 e. The number of nitrogens with zero attached hydrogens (tertiary/aromatic N) is 11. The molecule has 6 aromatic heterocycles. The van der Waals surface area contributed by atoms with Gasteiger partial charge in [-0.2, -0.15) is 15.1 Å². The summed E-state index contributed by atoms with van der Waals surface area (Å²) in [7, 11) is 1.77. The van der Waals surface area contributed by atoms with E-state index in [1.807, 2.05) is 6.20 Å². The molecule has 0 fully saturated rings. The van der Waals surface area contributed by atoms with Crippen molar-refractivity contribution in [2.24, 2.45) is 7.05 Å². The number of anilines is 4. The summed E-state index contributed by atoms with van der Waals surface area (Å²) in [6.45, 7) is 1.06. The van der Waals surface area contributed by atoms with E-state index in [-0.39, 0.29) is 74.6 Å². The summed E-state index contributed by atoms with van der Waals surface area (Å²) in [5.41, 5.74) is -0.298. The minimum absolute atomic E-state index is 0.00573. The first-order valence-corrected chi connectivity index (χ1v) is 29.8. The van der Waals surface area contributed by atoms with Gasteiger partial charge >= 0.3 is 22.8 Å². The highest BCUT2D eigenvalue weighted by Gasteiger charge is 2.27. The zero-order valence-corrected chi connectivity index (χ0v) is 50.7. The van der Waals surface area contributed by atoms with E-state index in [9.17, 15) is 55.1 Å². The molecular weight excluding hydrogens is 1260 g/mol. The fraction of sp³-hybridized carbons (Fsp3) is 0.238. The molecule has 93 heavy (non-hydrogen) atoms. The van der Waals surface area contributed by atoms with Crippen LogP contribution < -0.4 is 44.0 Å². The van der Waals surface area contributed by atoms with Gasteiger partial charge in [0.1, 0.15) is 5.52 Å². The van der Waals surface area contributed by atoms with Crippen LogP contribution in [0.25, 0.3) is 44.1 Å². The molecule has 4 aliphatic rings. The second-order valence-electron chi connectivity index (χ2n) is 22.1. The molecule has 11 aromatic rings. The Kier molecular flexibility index (Phi) is 17.5. The fourth-order valence-electron chi connectivity index (χ4n) is 11.5. The number of aryl methyl sites for hydroxylation is 4. The van der Waals surface area contributed by atoms with Crippen LogP contribution in [0.3, 0.4) is 0 Å². The minimum atomic E-state index is -1.67. The third kappa shape index (κ3) is 12.6. The summed E-state index contributed by atoms with van der Waals surface area (Å²) in [5, 5.41) is 18.5. The molecule has 0 aliphatic carbocycles. The largest absolute Gasteiger partial charge is 0.441 e. The molecule has 10 heterocycles. The predicted molar refractivity (Wildman–Crippen MR) is 332 cm³/mol. The highest BCUT2D eigenvalue weighted by molar-refractivity contribution is 6.35.